The molecule has 4 N–H and O–H groups in total. The number of aromatic nitrogens is 1. The minimum absolute atomic E-state index is 0.142. The summed E-state index contributed by atoms with van der Waals surface area (Å²) in [6.45, 7) is 3.20. The Bertz CT molecular complexity index is 416. The number of anilines is 1. The molecule has 1 saturated heterocycles. The molecule has 1 aromatic heterocycles. The number of hydrazine groups is 1. The molecule has 0 bridgehead atoms. The Morgan fingerprint density at radius 1 is 1.65 bits per heavy atom. The highest BCUT2D eigenvalue weighted by molar-refractivity contribution is 5.95. The maximum atomic E-state index is 12.0. The van der Waals surface area contributed by atoms with Gasteiger partial charge in [-0.05, 0) is 25.5 Å². The number of nitrogens with zero attached hydrogens (tertiary/aromatic N) is 1. The van der Waals surface area contributed by atoms with Gasteiger partial charge in [0.15, 0.2) is 0 Å². The Morgan fingerprint density at radius 2 is 2.47 bits per heavy atom. The average molecular weight is 236 g/mol. The lowest BCUT2D eigenvalue weighted by Crippen LogP contribution is -2.46. The third kappa shape index (κ3) is 2.72. The van der Waals surface area contributed by atoms with Crippen molar-refractivity contribution in [2.24, 2.45) is 5.84 Å². The molecule has 0 saturated carbocycles. The van der Waals surface area contributed by atoms with Crippen molar-refractivity contribution < 1.29 is 9.53 Å². The molecule has 1 unspecified atom stereocenters. The number of nitrogens with one attached hydrogen (secondary N) is 2. The predicted molar refractivity (Wildman–Crippen MR) is 63.4 cm³/mol. The molecule has 0 radical (unpaired) electrons. The van der Waals surface area contributed by atoms with Crippen molar-refractivity contribution in [3.05, 3.63) is 23.9 Å². The molecule has 1 atom stereocenters. The molecular weight excluding hydrogens is 220 g/mol. The van der Waals surface area contributed by atoms with E-state index in [9.17, 15) is 4.79 Å². The Hall–Kier alpha value is -1.66. The van der Waals surface area contributed by atoms with E-state index in [-0.39, 0.29) is 11.4 Å². The average Bonchev–Trinajstić information content (AvgIpc) is 2.76. The van der Waals surface area contributed by atoms with Gasteiger partial charge in [0.1, 0.15) is 5.82 Å². The van der Waals surface area contributed by atoms with E-state index >= 15 is 0 Å². The van der Waals surface area contributed by atoms with Gasteiger partial charge in [0, 0.05) is 18.4 Å². The predicted octanol–water partition coefficient (Wildman–Crippen LogP) is 0.276. The fourth-order valence-electron chi connectivity index (χ4n) is 1.76. The van der Waals surface area contributed by atoms with Crippen molar-refractivity contribution in [3.8, 4) is 0 Å². The van der Waals surface area contributed by atoms with Gasteiger partial charge in [0.25, 0.3) is 5.91 Å². The normalized spacial score (nSPS) is 23.4. The molecule has 1 aromatic rings. The quantitative estimate of drug-likeness (QED) is 0.518. The largest absolute Gasteiger partial charge is 0.379 e. The molecule has 6 heteroatoms. The summed E-state index contributed by atoms with van der Waals surface area (Å²) < 4.78 is 5.28. The number of pyridine rings is 1. The Kier molecular flexibility index (Phi) is 3.26. The zero-order chi connectivity index (χ0) is 12.3. The van der Waals surface area contributed by atoms with Crippen molar-refractivity contribution in [2.45, 2.75) is 18.9 Å². The molecule has 0 aromatic carbocycles. The van der Waals surface area contributed by atoms with Gasteiger partial charge in [-0.1, -0.05) is 0 Å². The summed E-state index contributed by atoms with van der Waals surface area (Å²) in [6.07, 6.45) is 2.36. The summed E-state index contributed by atoms with van der Waals surface area (Å²) in [5.41, 5.74) is 2.66. The third-order valence-corrected chi connectivity index (χ3v) is 2.80. The van der Waals surface area contributed by atoms with Gasteiger partial charge in [0.05, 0.1) is 12.1 Å². The van der Waals surface area contributed by atoms with Crippen LogP contribution in [0.25, 0.3) is 0 Å². The third-order valence-electron chi connectivity index (χ3n) is 2.80. The summed E-state index contributed by atoms with van der Waals surface area (Å²) in [5.74, 6) is 5.57. The standard InChI is InChI=1S/C11H16N4O2/c1-11(3-5-17-7-11)14-10(16)8-2-4-13-9(6-8)15-12/h2,4,6H,3,5,7,12H2,1H3,(H,13,15)(H,14,16). The molecular formula is C11H16N4O2. The van der Waals surface area contributed by atoms with E-state index in [2.05, 4.69) is 15.7 Å². The van der Waals surface area contributed by atoms with Gasteiger partial charge >= 0.3 is 0 Å². The van der Waals surface area contributed by atoms with Gasteiger partial charge in [-0.25, -0.2) is 10.8 Å². The fourth-order valence-corrected chi connectivity index (χ4v) is 1.76. The minimum atomic E-state index is -0.281. The van der Waals surface area contributed by atoms with Crippen LogP contribution in [-0.4, -0.2) is 29.6 Å². The maximum absolute atomic E-state index is 12.0. The summed E-state index contributed by atoms with van der Waals surface area (Å²) in [4.78, 5) is 16.0. The fraction of sp³-hybridized carbons (Fsp3) is 0.455. The highest BCUT2D eigenvalue weighted by atomic mass is 16.5. The molecule has 6 nitrogen and oxygen atoms in total. The number of carbonyl (C=O) groups excluding carboxylic acids is 1. The van der Waals surface area contributed by atoms with Gasteiger partial charge in [0.2, 0.25) is 0 Å². The van der Waals surface area contributed by atoms with E-state index in [1.807, 2.05) is 6.92 Å². The number of rotatable bonds is 3. The number of nitrogen functional groups attached to an aromatic ring is 1. The molecule has 2 heterocycles. The van der Waals surface area contributed by atoms with Crippen LogP contribution in [0.15, 0.2) is 18.3 Å². The van der Waals surface area contributed by atoms with E-state index in [4.69, 9.17) is 10.6 Å². The molecule has 17 heavy (non-hydrogen) atoms. The van der Waals surface area contributed by atoms with Crippen LogP contribution in [0.2, 0.25) is 0 Å². The first-order valence-electron chi connectivity index (χ1n) is 5.46. The first kappa shape index (κ1) is 11.8. The lowest BCUT2D eigenvalue weighted by Gasteiger charge is -2.23. The van der Waals surface area contributed by atoms with Gasteiger partial charge < -0.3 is 15.5 Å². The Balaban J connectivity index is 2.08. The number of hydrogen-bond donors (Lipinski definition) is 3. The number of amides is 1. The SMILES string of the molecule is CC1(NC(=O)c2ccnc(NN)c2)CCOC1. The number of hydrogen-bond acceptors (Lipinski definition) is 5. The summed E-state index contributed by atoms with van der Waals surface area (Å²) in [5, 5.41) is 2.96. The minimum Gasteiger partial charge on any atom is -0.379 e. The van der Waals surface area contributed by atoms with Crippen molar-refractivity contribution in [1.29, 1.82) is 0 Å². The molecule has 92 valence electrons. The molecule has 0 aliphatic carbocycles. The number of carbonyl (C=O) groups is 1. The van der Waals surface area contributed by atoms with Crippen LogP contribution in [-0.2, 0) is 4.74 Å². The molecule has 1 amide bonds. The Morgan fingerprint density at radius 3 is 3.12 bits per heavy atom. The van der Waals surface area contributed by atoms with Crippen molar-refractivity contribution in [1.82, 2.24) is 10.3 Å². The highest BCUT2D eigenvalue weighted by Gasteiger charge is 2.31. The zero-order valence-corrected chi connectivity index (χ0v) is 9.69. The van der Waals surface area contributed by atoms with Crippen LogP contribution in [0.4, 0.5) is 5.82 Å². The molecule has 1 aliphatic heterocycles. The number of nitrogens with two attached hydrogens (primary N) is 1. The first-order valence-corrected chi connectivity index (χ1v) is 5.46. The van der Waals surface area contributed by atoms with Crippen LogP contribution in [0.1, 0.15) is 23.7 Å². The molecule has 0 spiro atoms. The van der Waals surface area contributed by atoms with Crippen molar-refractivity contribution in [2.75, 3.05) is 18.6 Å². The van der Waals surface area contributed by atoms with Crippen LogP contribution < -0.4 is 16.6 Å². The van der Waals surface area contributed by atoms with E-state index in [0.29, 0.717) is 24.6 Å². The van der Waals surface area contributed by atoms with E-state index < -0.39 is 0 Å². The summed E-state index contributed by atoms with van der Waals surface area (Å²) in [6, 6.07) is 3.25. The van der Waals surface area contributed by atoms with Crippen LogP contribution >= 0.6 is 0 Å². The van der Waals surface area contributed by atoms with Crippen LogP contribution in [0, 0.1) is 0 Å². The summed E-state index contributed by atoms with van der Waals surface area (Å²) >= 11 is 0. The highest BCUT2D eigenvalue weighted by Crippen LogP contribution is 2.18. The molecule has 1 aliphatic rings. The topological polar surface area (TPSA) is 89.3 Å². The second-order valence-electron chi connectivity index (χ2n) is 4.39. The number of ether oxygens (including phenoxy) is 1. The van der Waals surface area contributed by atoms with Crippen molar-refractivity contribution in [3.63, 3.8) is 0 Å². The van der Waals surface area contributed by atoms with Crippen LogP contribution in [0.5, 0.6) is 0 Å². The lowest BCUT2D eigenvalue weighted by atomic mass is 10.0. The van der Waals surface area contributed by atoms with Gasteiger partial charge in [-0.15, -0.1) is 0 Å². The van der Waals surface area contributed by atoms with Gasteiger partial charge in [-0.2, -0.15) is 0 Å². The molecule has 1 fully saturated rings. The Labute approximate surface area is 99.5 Å². The van der Waals surface area contributed by atoms with Gasteiger partial charge in [-0.3, -0.25) is 4.79 Å². The smallest absolute Gasteiger partial charge is 0.251 e. The second kappa shape index (κ2) is 4.68. The van der Waals surface area contributed by atoms with E-state index in [1.54, 1.807) is 12.1 Å². The lowest BCUT2D eigenvalue weighted by molar-refractivity contribution is 0.0890. The zero-order valence-electron chi connectivity index (χ0n) is 9.69. The van der Waals surface area contributed by atoms with E-state index in [1.165, 1.54) is 6.20 Å². The first-order chi connectivity index (χ1) is 8.13. The van der Waals surface area contributed by atoms with Crippen LogP contribution in [0.3, 0.4) is 0 Å². The second-order valence-corrected chi connectivity index (χ2v) is 4.39. The molecule has 2 rings (SSSR count). The van der Waals surface area contributed by atoms with Crippen molar-refractivity contribution >= 4 is 11.7 Å². The monoisotopic (exact) mass is 236 g/mol. The van der Waals surface area contributed by atoms with E-state index in [0.717, 1.165) is 6.42 Å². The summed E-state index contributed by atoms with van der Waals surface area (Å²) in [7, 11) is 0. The maximum Gasteiger partial charge on any atom is 0.251 e.